The monoisotopic (exact) mass is 305 g/mol. The summed E-state index contributed by atoms with van der Waals surface area (Å²) in [5.41, 5.74) is 1.06. The molecule has 2 N–H and O–H groups in total. The largest absolute Gasteiger partial charge is 0.481 e. The van der Waals surface area contributed by atoms with Gasteiger partial charge < -0.3 is 10.4 Å². The zero-order valence-electron chi connectivity index (χ0n) is 14.0. The van der Waals surface area contributed by atoms with Crippen molar-refractivity contribution in [3.8, 4) is 0 Å². The van der Waals surface area contributed by atoms with E-state index < -0.39 is 5.97 Å². The number of hydrogen-bond donors (Lipinski definition) is 2. The Morgan fingerprint density at radius 2 is 1.77 bits per heavy atom. The first kappa shape index (κ1) is 16.7. The minimum absolute atomic E-state index is 0.180. The van der Waals surface area contributed by atoms with Gasteiger partial charge in [0.1, 0.15) is 11.6 Å². The molecule has 0 atom stereocenters. The quantitative estimate of drug-likeness (QED) is 0.866. The normalized spacial score (nSPS) is 22.1. The molecule has 1 aliphatic carbocycles. The summed E-state index contributed by atoms with van der Waals surface area (Å²) in [5, 5.41) is 12.6. The lowest BCUT2D eigenvalue weighted by atomic mass is 9.86. The molecule has 5 heteroatoms. The first-order valence-corrected chi connectivity index (χ1v) is 8.25. The molecule has 1 heterocycles. The molecule has 2 rings (SSSR count). The van der Waals surface area contributed by atoms with Gasteiger partial charge in [0.15, 0.2) is 0 Å². The molecule has 0 radical (unpaired) electrons. The maximum Gasteiger partial charge on any atom is 0.306 e. The van der Waals surface area contributed by atoms with E-state index in [0.717, 1.165) is 43.0 Å². The third-order valence-electron chi connectivity index (χ3n) is 4.30. The molecule has 1 fully saturated rings. The predicted molar refractivity (Wildman–Crippen MR) is 87.2 cm³/mol. The summed E-state index contributed by atoms with van der Waals surface area (Å²) in [6.45, 7) is 8.46. The second-order valence-electron chi connectivity index (χ2n) is 6.88. The lowest BCUT2D eigenvalue weighted by molar-refractivity contribution is -0.142. The summed E-state index contributed by atoms with van der Waals surface area (Å²) < 4.78 is 0. The molecule has 0 unspecified atom stereocenters. The Balaban J connectivity index is 2.08. The van der Waals surface area contributed by atoms with Crippen LogP contribution in [0.3, 0.4) is 0 Å². The van der Waals surface area contributed by atoms with Gasteiger partial charge in [-0.15, -0.1) is 0 Å². The van der Waals surface area contributed by atoms with Crippen molar-refractivity contribution >= 4 is 11.8 Å². The van der Waals surface area contributed by atoms with Crippen LogP contribution in [0, 0.1) is 5.92 Å². The lowest BCUT2D eigenvalue weighted by Crippen LogP contribution is -2.29. The molecule has 1 saturated carbocycles. The van der Waals surface area contributed by atoms with E-state index in [1.165, 1.54) is 0 Å². The van der Waals surface area contributed by atoms with Crippen LogP contribution in [-0.2, 0) is 4.79 Å². The van der Waals surface area contributed by atoms with E-state index in [1.807, 2.05) is 6.07 Å². The van der Waals surface area contributed by atoms with E-state index in [9.17, 15) is 4.79 Å². The average molecular weight is 305 g/mol. The first-order chi connectivity index (χ1) is 10.4. The van der Waals surface area contributed by atoms with Crippen LogP contribution in [0.15, 0.2) is 6.07 Å². The Labute approximate surface area is 132 Å². The second kappa shape index (κ2) is 7.07. The predicted octanol–water partition coefficient (Wildman–Crippen LogP) is 3.78. The fourth-order valence-corrected chi connectivity index (χ4v) is 2.81. The van der Waals surface area contributed by atoms with Crippen LogP contribution in [0.2, 0.25) is 0 Å². The van der Waals surface area contributed by atoms with E-state index in [1.54, 1.807) is 0 Å². The molecule has 122 valence electrons. The number of rotatable bonds is 5. The molecule has 1 aromatic rings. The number of anilines is 1. The summed E-state index contributed by atoms with van der Waals surface area (Å²) in [4.78, 5) is 20.3. The molecule has 1 aromatic heterocycles. The van der Waals surface area contributed by atoms with Crippen LogP contribution in [0.25, 0.3) is 0 Å². The minimum atomic E-state index is -0.662. The minimum Gasteiger partial charge on any atom is -0.481 e. The number of carbonyl (C=O) groups is 1. The zero-order chi connectivity index (χ0) is 16.3. The van der Waals surface area contributed by atoms with Crippen molar-refractivity contribution in [3.63, 3.8) is 0 Å². The van der Waals surface area contributed by atoms with Gasteiger partial charge in [-0.1, -0.05) is 27.7 Å². The highest BCUT2D eigenvalue weighted by Gasteiger charge is 2.26. The van der Waals surface area contributed by atoms with Crippen molar-refractivity contribution in [1.82, 2.24) is 9.97 Å². The van der Waals surface area contributed by atoms with E-state index >= 15 is 0 Å². The van der Waals surface area contributed by atoms with Gasteiger partial charge in [-0.2, -0.15) is 0 Å². The van der Waals surface area contributed by atoms with Crippen LogP contribution in [0.1, 0.15) is 76.7 Å². The molecule has 5 nitrogen and oxygen atoms in total. The fourth-order valence-electron chi connectivity index (χ4n) is 2.81. The molecular formula is C17H27N3O2. The molecule has 0 bridgehead atoms. The Bertz CT molecular complexity index is 494. The molecule has 0 saturated heterocycles. The van der Waals surface area contributed by atoms with E-state index in [-0.39, 0.29) is 5.92 Å². The first-order valence-electron chi connectivity index (χ1n) is 8.25. The smallest absolute Gasteiger partial charge is 0.306 e. The van der Waals surface area contributed by atoms with E-state index in [4.69, 9.17) is 5.11 Å². The topological polar surface area (TPSA) is 75.1 Å². The number of nitrogens with one attached hydrogen (secondary N) is 1. The highest BCUT2D eigenvalue weighted by atomic mass is 16.4. The molecule has 0 spiro atoms. The summed E-state index contributed by atoms with van der Waals surface area (Å²) >= 11 is 0. The van der Waals surface area contributed by atoms with Crippen LogP contribution >= 0.6 is 0 Å². The number of aromatic nitrogens is 2. The number of carboxylic acids is 1. The molecule has 0 aliphatic heterocycles. The Morgan fingerprint density at radius 3 is 2.27 bits per heavy atom. The second-order valence-corrected chi connectivity index (χ2v) is 6.88. The number of carboxylic acid groups (broad SMARTS) is 1. The van der Waals surface area contributed by atoms with Crippen LogP contribution in [0.5, 0.6) is 0 Å². The number of nitrogens with zero attached hydrogens (tertiary/aromatic N) is 2. The van der Waals surface area contributed by atoms with Gasteiger partial charge in [0.25, 0.3) is 0 Å². The summed E-state index contributed by atoms with van der Waals surface area (Å²) in [5.74, 6) is 1.56. The number of aliphatic carboxylic acids is 1. The maximum atomic E-state index is 11.0. The van der Waals surface area contributed by atoms with Crippen molar-refractivity contribution in [2.45, 2.75) is 71.3 Å². The zero-order valence-corrected chi connectivity index (χ0v) is 14.0. The van der Waals surface area contributed by atoms with Gasteiger partial charge in [-0.05, 0) is 31.6 Å². The third-order valence-corrected chi connectivity index (χ3v) is 4.30. The highest BCUT2D eigenvalue weighted by Crippen LogP contribution is 2.27. The average Bonchev–Trinajstić information content (AvgIpc) is 2.47. The van der Waals surface area contributed by atoms with Crippen LogP contribution in [0.4, 0.5) is 5.82 Å². The van der Waals surface area contributed by atoms with Crippen LogP contribution < -0.4 is 5.32 Å². The van der Waals surface area contributed by atoms with Crippen molar-refractivity contribution in [2.24, 2.45) is 5.92 Å². The van der Waals surface area contributed by atoms with Gasteiger partial charge in [-0.25, -0.2) is 9.97 Å². The van der Waals surface area contributed by atoms with Crippen molar-refractivity contribution < 1.29 is 9.90 Å². The number of hydrogen-bond acceptors (Lipinski definition) is 4. The van der Waals surface area contributed by atoms with Gasteiger partial charge in [0.05, 0.1) is 5.92 Å². The standard InChI is InChI=1S/C17H27N3O2/c1-10(2)14-9-15(20-16(19-14)11(3)4)18-13-7-5-12(6-8-13)17(21)22/h9-13H,5-8H2,1-4H3,(H,21,22)(H,18,19,20). The molecule has 0 aromatic carbocycles. The van der Waals surface area contributed by atoms with Crippen molar-refractivity contribution in [2.75, 3.05) is 5.32 Å². The van der Waals surface area contributed by atoms with Crippen molar-refractivity contribution in [1.29, 1.82) is 0 Å². The van der Waals surface area contributed by atoms with Crippen molar-refractivity contribution in [3.05, 3.63) is 17.6 Å². The SMILES string of the molecule is CC(C)c1cc(NC2CCC(C(=O)O)CC2)nc(C(C)C)n1. The third kappa shape index (κ3) is 4.18. The van der Waals surface area contributed by atoms with Crippen LogP contribution in [-0.4, -0.2) is 27.1 Å². The summed E-state index contributed by atoms with van der Waals surface area (Å²) in [6, 6.07) is 2.34. The Hall–Kier alpha value is -1.65. The van der Waals surface area contributed by atoms with Gasteiger partial charge >= 0.3 is 5.97 Å². The Morgan fingerprint density at radius 1 is 1.14 bits per heavy atom. The molecule has 22 heavy (non-hydrogen) atoms. The lowest BCUT2D eigenvalue weighted by Gasteiger charge is -2.27. The van der Waals surface area contributed by atoms with E-state index in [2.05, 4.69) is 43.0 Å². The summed E-state index contributed by atoms with van der Waals surface area (Å²) in [7, 11) is 0. The summed E-state index contributed by atoms with van der Waals surface area (Å²) in [6.07, 6.45) is 3.25. The molecule has 1 aliphatic rings. The fraction of sp³-hybridized carbons (Fsp3) is 0.706. The van der Waals surface area contributed by atoms with Gasteiger partial charge in [-0.3, -0.25) is 4.79 Å². The highest BCUT2D eigenvalue weighted by molar-refractivity contribution is 5.70. The Kier molecular flexibility index (Phi) is 5.37. The van der Waals surface area contributed by atoms with E-state index in [0.29, 0.717) is 17.9 Å². The molecule has 0 amide bonds. The van der Waals surface area contributed by atoms with Gasteiger partial charge in [0, 0.05) is 23.7 Å². The maximum absolute atomic E-state index is 11.0. The molecular weight excluding hydrogens is 278 g/mol. The van der Waals surface area contributed by atoms with Gasteiger partial charge in [0.2, 0.25) is 0 Å².